The molecule has 152 valence electrons. The van der Waals surface area contributed by atoms with Crippen LogP contribution in [-0.2, 0) is 15.8 Å². The van der Waals surface area contributed by atoms with Gasteiger partial charge in [0.1, 0.15) is 0 Å². The maximum Gasteiger partial charge on any atom is 0.416 e. The number of anilines is 1. The summed E-state index contributed by atoms with van der Waals surface area (Å²) in [7, 11) is 0. The fraction of sp³-hybridized carbons (Fsp3) is 0.619. The van der Waals surface area contributed by atoms with E-state index in [0.717, 1.165) is 49.1 Å². The normalized spacial score (nSPS) is 30.9. The lowest BCUT2D eigenvalue weighted by molar-refractivity contribution is -0.137. The molecule has 28 heavy (non-hydrogen) atoms. The van der Waals surface area contributed by atoms with Gasteiger partial charge in [0, 0.05) is 24.1 Å². The highest BCUT2D eigenvalue weighted by molar-refractivity contribution is 5.93. The van der Waals surface area contributed by atoms with Crippen molar-refractivity contribution in [3.8, 4) is 0 Å². The summed E-state index contributed by atoms with van der Waals surface area (Å²) in [6.45, 7) is 0. The molecule has 7 heteroatoms. The van der Waals surface area contributed by atoms with E-state index >= 15 is 0 Å². The molecule has 4 bridgehead atoms. The van der Waals surface area contributed by atoms with Crippen LogP contribution in [-0.4, -0.2) is 17.4 Å². The van der Waals surface area contributed by atoms with Crippen LogP contribution in [0.2, 0.25) is 0 Å². The van der Waals surface area contributed by atoms with E-state index in [0.29, 0.717) is 0 Å². The molecule has 0 saturated heterocycles. The smallest absolute Gasteiger partial charge is 0.351 e. The molecule has 0 spiro atoms. The number of amides is 2. The minimum absolute atomic E-state index is 0.0472. The fourth-order valence-corrected chi connectivity index (χ4v) is 5.85. The van der Waals surface area contributed by atoms with Crippen LogP contribution in [0.25, 0.3) is 0 Å². The number of hydrogen-bond donors (Lipinski definition) is 2. The average Bonchev–Trinajstić information content (AvgIpc) is 2.58. The van der Waals surface area contributed by atoms with Gasteiger partial charge in [-0.05, 0) is 74.5 Å². The Morgan fingerprint density at radius 1 is 0.964 bits per heavy atom. The summed E-state index contributed by atoms with van der Waals surface area (Å²) in [5.74, 6) is 1.56. The maximum atomic E-state index is 12.7. The van der Waals surface area contributed by atoms with Crippen LogP contribution in [0.5, 0.6) is 0 Å². The van der Waals surface area contributed by atoms with Gasteiger partial charge < -0.3 is 10.6 Å². The SMILES string of the molecule is O=C(CCC(=O)NC12CC3CC(CC(C3)C1)C2)Nc1cccc(C(F)(F)F)c1. The summed E-state index contributed by atoms with van der Waals surface area (Å²) in [5, 5.41) is 5.66. The molecule has 0 unspecified atom stereocenters. The number of halogens is 3. The van der Waals surface area contributed by atoms with Gasteiger partial charge in [0.2, 0.25) is 11.8 Å². The van der Waals surface area contributed by atoms with Crippen molar-refractivity contribution < 1.29 is 22.8 Å². The summed E-state index contributed by atoms with van der Waals surface area (Å²) in [4.78, 5) is 24.5. The van der Waals surface area contributed by atoms with E-state index in [-0.39, 0.29) is 30.0 Å². The molecular weight excluding hydrogens is 369 g/mol. The second kappa shape index (κ2) is 7.08. The first-order chi connectivity index (χ1) is 13.2. The van der Waals surface area contributed by atoms with Crippen LogP contribution in [0.4, 0.5) is 18.9 Å². The fourth-order valence-electron chi connectivity index (χ4n) is 5.85. The minimum Gasteiger partial charge on any atom is -0.351 e. The van der Waals surface area contributed by atoms with Gasteiger partial charge in [-0.25, -0.2) is 0 Å². The number of alkyl halides is 3. The van der Waals surface area contributed by atoms with Crippen LogP contribution in [0.3, 0.4) is 0 Å². The van der Waals surface area contributed by atoms with Crippen molar-refractivity contribution in [3.05, 3.63) is 29.8 Å². The molecule has 0 heterocycles. The van der Waals surface area contributed by atoms with Crippen LogP contribution in [0.15, 0.2) is 24.3 Å². The van der Waals surface area contributed by atoms with Crippen LogP contribution in [0.1, 0.15) is 56.9 Å². The van der Waals surface area contributed by atoms with Crippen molar-refractivity contribution in [3.63, 3.8) is 0 Å². The van der Waals surface area contributed by atoms with Gasteiger partial charge >= 0.3 is 6.18 Å². The molecule has 4 aliphatic carbocycles. The second-order valence-corrected chi connectivity index (χ2v) is 8.87. The van der Waals surface area contributed by atoms with E-state index in [1.165, 1.54) is 31.4 Å². The summed E-state index contributed by atoms with van der Waals surface area (Å²) in [6.07, 6.45) is 2.53. The third-order valence-corrected chi connectivity index (χ3v) is 6.50. The number of benzene rings is 1. The van der Waals surface area contributed by atoms with E-state index in [9.17, 15) is 22.8 Å². The molecule has 0 radical (unpaired) electrons. The zero-order valence-electron chi connectivity index (χ0n) is 15.6. The lowest BCUT2D eigenvalue weighted by Gasteiger charge is -2.56. The standard InChI is InChI=1S/C21H25F3N2O2/c22-21(23,24)16-2-1-3-17(9-16)25-18(27)4-5-19(28)26-20-10-13-6-14(11-20)8-15(7-13)12-20/h1-3,9,13-15H,4-8,10-12H2,(H,25,27)(H,26,28). The number of carbonyl (C=O) groups is 2. The van der Waals surface area contributed by atoms with Gasteiger partial charge in [-0.1, -0.05) is 6.07 Å². The molecule has 0 atom stereocenters. The van der Waals surface area contributed by atoms with Gasteiger partial charge in [-0.2, -0.15) is 13.2 Å². The van der Waals surface area contributed by atoms with Crippen molar-refractivity contribution in [1.29, 1.82) is 0 Å². The van der Waals surface area contributed by atoms with E-state index in [1.807, 2.05) is 0 Å². The predicted molar refractivity (Wildman–Crippen MR) is 98.4 cm³/mol. The van der Waals surface area contributed by atoms with Gasteiger partial charge in [0.05, 0.1) is 5.56 Å². The number of nitrogens with one attached hydrogen (secondary N) is 2. The molecule has 0 aromatic heterocycles. The lowest BCUT2D eigenvalue weighted by Crippen LogP contribution is -2.59. The monoisotopic (exact) mass is 394 g/mol. The van der Waals surface area contributed by atoms with Crippen molar-refractivity contribution in [2.45, 2.75) is 63.1 Å². The molecule has 2 N–H and O–H groups in total. The highest BCUT2D eigenvalue weighted by Crippen LogP contribution is 2.55. The maximum absolute atomic E-state index is 12.7. The Balaban J connectivity index is 1.28. The number of hydrogen-bond acceptors (Lipinski definition) is 2. The molecule has 5 rings (SSSR count). The Morgan fingerprint density at radius 2 is 1.54 bits per heavy atom. The number of carbonyl (C=O) groups excluding carboxylic acids is 2. The zero-order chi connectivity index (χ0) is 19.9. The van der Waals surface area contributed by atoms with E-state index in [4.69, 9.17) is 0 Å². The third kappa shape index (κ3) is 4.18. The van der Waals surface area contributed by atoms with Crippen LogP contribution >= 0.6 is 0 Å². The van der Waals surface area contributed by atoms with Crippen molar-refractivity contribution in [2.75, 3.05) is 5.32 Å². The quantitative estimate of drug-likeness (QED) is 0.772. The summed E-state index contributed by atoms with van der Waals surface area (Å²) in [5.41, 5.74) is -0.824. The van der Waals surface area contributed by atoms with E-state index in [1.54, 1.807) is 0 Å². The molecule has 4 fully saturated rings. The van der Waals surface area contributed by atoms with Crippen molar-refractivity contribution >= 4 is 17.5 Å². The average molecular weight is 394 g/mol. The molecule has 2 amide bonds. The molecule has 0 aliphatic heterocycles. The first-order valence-electron chi connectivity index (χ1n) is 9.99. The zero-order valence-corrected chi connectivity index (χ0v) is 15.6. The number of rotatable bonds is 5. The molecule has 1 aromatic carbocycles. The van der Waals surface area contributed by atoms with Gasteiger partial charge in [0.15, 0.2) is 0 Å². The highest BCUT2D eigenvalue weighted by atomic mass is 19.4. The molecular formula is C21H25F3N2O2. The summed E-state index contributed by atoms with van der Waals surface area (Å²) >= 11 is 0. The predicted octanol–water partition coefficient (Wildman–Crippen LogP) is 4.51. The Morgan fingerprint density at radius 3 is 2.11 bits per heavy atom. The van der Waals surface area contributed by atoms with Crippen LogP contribution in [0, 0.1) is 17.8 Å². The Hall–Kier alpha value is -2.05. The van der Waals surface area contributed by atoms with Gasteiger partial charge in [-0.3, -0.25) is 9.59 Å². The Bertz CT molecular complexity index is 740. The molecule has 1 aromatic rings. The summed E-state index contributed by atoms with van der Waals surface area (Å²) in [6, 6.07) is 4.50. The first kappa shape index (κ1) is 19.3. The molecule has 4 nitrogen and oxygen atoms in total. The first-order valence-corrected chi connectivity index (χ1v) is 9.99. The molecule has 4 aliphatic rings. The Kier molecular flexibility index (Phi) is 4.88. The van der Waals surface area contributed by atoms with Crippen molar-refractivity contribution in [1.82, 2.24) is 5.32 Å². The van der Waals surface area contributed by atoms with Crippen LogP contribution < -0.4 is 10.6 Å². The topological polar surface area (TPSA) is 58.2 Å². The lowest BCUT2D eigenvalue weighted by atomic mass is 9.53. The Labute approximate surface area is 162 Å². The minimum atomic E-state index is -4.46. The van der Waals surface area contributed by atoms with Gasteiger partial charge in [0.25, 0.3) is 0 Å². The second-order valence-electron chi connectivity index (χ2n) is 8.87. The molecule has 4 saturated carbocycles. The summed E-state index contributed by atoms with van der Waals surface area (Å²) < 4.78 is 38.2. The van der Waals surface area contributed by atoms with E-state index < -0.39 is 17.6 Å². The van der Waals surface area contributed by atoms with Crippen molar-refractivity contribution in [2.24, 2.45) is 17.8 Å². The third-order valence-electron chi connectivity index (χ3n) is 6.50. The van der Waals surface area contributed by atoms with E-state index in [2.05, 4.69) is 10.6 Å². The van der Waals surface area contributed by atoms with Gasteiger partial charge in [-0.15, -0.1) is 0 Å². The largest absolute Gasteiger partial charge is 0.416 e. The highest BCUT2D eigenvalue weighted by Gasteiger charge is 2.51.